The number of ether oxygens (including phenoxy) is 1. The molecule has 0 aliphatic carbocycles. The van der Waals surface area contributed by atoms with Gasteiger partial charge in [-0.2, -0.15) is 4.99 Å². The molecule has 74 valence electrons. The van der Waals surface area contributed by atoms with Crippen LogP contribution in [0.2, 0.25) is 0 Å². The Morgan fingerprint density at radius 2 is 2.29 bits per heavy atom. The molecule has 0 aliphatic rings. The Hall–Kier alpha value is -1.80. The highest BCUT2D eigenvalue weighted by atomic mass is 16.5. The molecule has 1 N–H and O–H groups in total. The van der Waals surface area contributed by atoms with Crippen LogP contribution in [0.15, 0.2) is 23.2 Å². The largest absolute Gasteiger partial charge is 0.508 e. The van der Waals surface area contributed by atoms with Gasteiger partial charge in [0.25, 0.3) is 0 Å². The first-order chi connectivity index (χ1) is 6.69. The molecule has 0 aliphatic heterocycles. The summed E-state index contributed by atoms with van der Waals surface area (Å²) in [4.78, 5) is 13.6. The number of aromatic hydroxyl groups is 1. The molecule has 0 amide bonds. The van der Waals surface area contributed by atoms with Crippen LogP contribution in [0.4, 0.5) is 0 Å². The van der Waals surface area contributed by atoms with Crippen molar-refractivity contribution in [1.82, 2.24) is 0 Å². The van der Waals surface area contributed by atoms with Gasteiger partial charge in [0.15, 0.2) is 0 Å². The number of phenols is 1. The molecule has 14 heavy (non-hydrogen) atoms. The van der Waals surface area contributed by atoms with Crippen molar-refractivity contribution in [2.45, 2.75) is 13.0 Å². The SMILES string of the molecule is COc1cc(O)ccc1C(C)N=C=O. The van der Waals surface area contributed by atoms with Gasteiger partial charge in [0.2, 0.25) is 6.08 Å². The number of carbonyl (C=O) groups excluding carboxylic acids is 1. The molecular weight excluding hydrogens is 182 g/mol. The molecule has 4 heteroatoms. The Morgan fingerprint density at radius 1 is 1.57 bits per heavy atom. The van der Waals surface area contributed by atoms with E-state index < -0.39 is 0 Å². The van der Waals surface area contributed by atoms with Crippen LogP contribution >= 0.6 is 0 Å². The topological polar surface area (TPSA) is 58.9 Å². The molecule has 0 aromatic heterocycles. The molecule has 0 saturated carbocycles. The smallest absolute Gasteiger partial charge is 0.235 e. The second-order valence-corrected chi connectivity index (χ2v) is 2.82. The van der Waals surface area contributed by atoms with E-state index in [9.17, 15) is 9.90 Å². The van der Waals surface area contributed by atoms with Crippen LogP contribution in [0, 0.1) is 0 Å². The lowest BCUT2D eigenvalue weighted by atomic mass is 10.1. The number of aliphatic imine (C=N–C) groups is 1. The Morgan fingerprint density at radius 3 is 2.86 bits per heavy atom. The Kier molecular flexibility index (Phi) is 3.26. The van der Waals surface area contributed by atoms with Crippen molar-refractivity contribution < 1.29 is 14.6 Å². The minimum Gasteiger partial charge on any atom is -0.508 e. The van der Waals surface area contributed by atoms with Gasteiger partial charge in [0.1, 0.15) is 11.5 Å². The van der Waals surface area contributed by atoms with Crippen LogP contribution < -0.4 is 4.74 Å². The highest BCUT2D eigenvalue weighted by Gasteiger charge is 2.10. The van der Waals surface area contributed by atoms with Crippen LogP contribution in [-0.4, -0.2) is 18.3 Å². The van der Waals surface area contributed by atoms with Gasteiger partial charge in [0, 0.05) is 11.6 Å². The number of isocyanates is 1. The van der Waals surface area contributed by atoms with Crippen LogP contribution in [0.25, 0.3) is 0 Å². The summed E-state index contributed by atoms with van der Waals surface area (Å²) in [7, 11) is 1.50. The summed E-state index contributed by atoms with van der Waals surface area (Å²) in [5.41, 5.74) is 0.744. The maximum absolute atomic E-state index is 10.1. The van der Waals surface area contributed by atoms with Crippen LogP contribution in [-0.2, 0) is 4.79 Å². The standard InChI is InChI=1S/C10H11NO3/c1-7(11-6-12)9-4-3-8(13)5-10(9)14-2/h3-5,7,13H,1-2H3. The lowest BCUT2D eigenvalue weighted by Gasteiger charge is -2.10. The summed E-state index contributed by atoms with van der Waals surface area (Å²) in [6.45, 7) is 1.75. The average Bonchev–Trinajstić information content (AvgIpc) is 2.17. The van der Waals surface area contributed by atoms with Gasteiger partial charge in [0.05, 0.1) is 13.2 Å². The van der Waals surface area contributed by atoms with Crippen LogP contribution in [0.5, 0.6) is 11.5 Å². The average molecular weight is 193 g/mol. The maximum Gasteiger partial charge on any atom is 0.235 e. The summed E-state index contributed by atoms with van der Waals surface area (Å²) in [6.07, 6.45) is 1.49. The van der Waals surface area contributed by atoms with E-state index in [1.165, 1.54) is 25.3 Å². The number of nitrogens with zero attached hydrogens (tertiary/aromatic N) is 1. The summed E-state index contributed by atoms with van der Waals surface area (Å²) < 4.78 is 5.04. The third-order valence-electron chi connectivity index (χ3n) is 1.91. The molecular formula is C10H11NO3. The number of hydrogen-bond donors (Lipinski definition) is 1. The van der Waals surface area contributed by atoms with E-state index in [-0.39, 0.29) is 11.8 Å². The molecule has 0 radical (unpaired) electrons. The van der Waals surface area contributed by atoms with E-state index in [1.807, 2.05) is 0 Å². The minimum absolute atomic E-state index is 0.118. The number of benzene rings is 1. The fourth-order valence-corrected chi connectivity index (χ4v) is 1.19. The van der Waals surface area contributed by atoms with E-state index in [1.54, 1.807) is 13.0 Å². The second kappa shape index (κ2) is 4.44. The van der Waals surface area contributed by atoms with Crippen LogP contribution in [0.3, 0.4) is 0 Å². The molecule has 0 fully saturated rings. The van der Waals surface area contributed by atoms with Crippen molar-refractivity contribution in [1.29, 1.82) is 0 Å². The highest BCUT2D eigenvalue weighted by Crippen LogP contribution is 2.30. The van der Waals surface area contributed by atoms with E-state index >= 15 is 0 Å². The highest BCUT2D eigenvalue weighted by molar-refractivity contribution is 5.43. The number of methoxy groups -OCH3 is 1. The Balaban J connectivity index is 3.13. The van der Waals surface area contributed by atoms with Crippen molar-refractivity contribution in [3.8, 4) is 11.5 Å². The Bertz CT molecular complexity index is 370. The first-order valence-corrected chi connectivity index (χ1v) is 4.13. The second-order valence-electron chi connectivity index (χ2n) is 2.82. The van der Waals surface area contributed by atoms with Gasteiger partial charge in [-0.15, -0.1) is 0 Å². The summed E-state index contributed by atoms with van der Waals surface area (Å²) in [5.74, 6) is 0.629. The fraction of sp³-hybridized carbons (Fsp3) is 0.300. The summed E-state index contributed by atoms with van der Waals surface area (Å²) in [6, 6.07) is 4.35. The molecule has 4 nitrogen and oxygen atoms in total. The number of phenolic OH excluding ortho intramolecular Hbond substituents is 1. The zero-order chi connectivity index (χ0) is 10.6. The first kappa shape index (κ1) is 10.3. The van der Waals surface area contributed by atoms with Gasteiger partial charge >= 0.3 is 0 Å². The van der Waals surface area contributed by atoms with Gasteiger partial charge in [-0.25, -0.2) is 4.79 Å². The van der Waals surface area contributed by atoms with Crippen molar-refractivity contribution in [2.75, 3.05) is 7.11 Å². The molecule has 1 aromatic carbocycles. The molecule has 1 unspecified atom stereocenters. The quantitative estimate of drug-likeness (QED) is 0.588. The third kappa shape index (κ3) is 2.12. The molecule has 0 heterocycles. The van der Waals surface area contributed by atoms with Crippen molar-refractivity contribution >= 4 is 6.08 Å². The monoisotopic (exact) mass is 193 g/mol. The lowest BCUT2D eigenvalue weighted by Crippen LogP contribution is -1.94. The molecule has 1 aromatic rings. The lowest BCUT2D eigenvalue weighted by molar-refractivity contribution is 0.400. The van der Waals surface area contributed by atoms with E-state index in [2.05, 4.69) is 4.99 Å². The van der Waals surface area contributed by atoms with Crippen molar-refractivity contribution in [2.24, 2.45) is 4.99 Å². The number of rotatable bonds is 3. The minimum atomic E-state index is -0.317. The van der Waals surface area contributed by atoms with E-state index in [4.69, 9.17) is 4.74 Å². The van der Waals surface area contributed by atoms with Crippen molar-refractivity contribution in [3.63, 3.8) is 0 Å². The van der Waals surface area contributed by atoms with Gasteiger partial charge in [-0.05, 0) is 19.1 Å². The summed E-state index contributed by atoms with van der Waals surface area (Å²) in [5, 5.41) is 9.19. The number of hydrogen-bond acceptors (Lipinski definition) is 4. The first-order valence-electron chi connectivity index (χ1n) is 4.13. The maximum atomic E-state index is 10.1. The molecule has 0 saturated heterocycles. The zero-order valence-corrected chi connectivity index (χ0v) is 8.02. The molecule has 1 atom stereocenters. The molecule has 1 rings (SSSR count). The van der Waals surface area contributed by atoms with Crippen LogP contribution in [0.1, 0.15) is 18.5 Å². The van der Waals surface area contributed by atoms with E-state index in [0.29, 0.717) is 5.75 Å². The van der Waals surface area contributed by atoms with Crippen molar-refractivity contribution in [3.05, 3.63) is 23.8 Å². The van der Waals surface area contributed by atoms with E-state index in [0.717, 1.165) is 5.56 Å². The zero-order valence-electron chi connectivity index (χ0n) is 8.02. The van der Waals surface area contributed by atoms with Gasteiger partial charge < -0.3 is 9.84 Å². The summed E-state index contributed by atoms with van der Waals surface area (Å²) >= 11 is 0. The molecule has 0 bridgehead atoms. The normalized spacial score (nSPS) is 11.6. The predicted octanol–water partition coefficient (Wildman–Crippen LogP) is 1.80. The third-order valence-corrected chi connectivity index (χ3v) is 1.91. The Labute approximate surface area is 81.9 Å². The predicted molar refractivity (Wildman–Crippen MR) is 51.2 cm³/mol. The van der Waals surface area contributed by atoms with Gasteiger partial charge in [-0.1, -0.05) is 0 Å². The fourth-order valence-electron chi connectivity index (χ4n) is 1.19. The molecule has 0 spiro atoms. The van der Waals surface area contributed by atoms with Gasteiger partial charge in [-0.3, -0.25) is 0 Å².